The van der Waals surface area contributed by atoms with E-state index in [2.05, 4.69) is 0 Å². The van der Waals surface area contributed by atoms with E-state index in [0.29, 0.717) is 17.7 Å². The van der Waals surface area contributed by atoms with Gasteiger partial charge < -0.3 is 4.90 Å². The molecule has 0 saturated carbocycles. The molecular formula is C19H14N4O2. The highest BCUT2D eigenvalue weighted by atomic mass is 16.2. The third-order valence-corrected chi connectivity index (χ3v) is 4.01. The lowest BCUT2D eigenvalue weighted by Gasteiger charge is -2.17. The maximum atomic E-state index is 12.5. The van der Waals surface area contributed by atoms with Gasteiger partial charge in [0.05, 0.1) is 29.8 Å². The van der Waals surface area contributed by atoms with Gasteiger partial charge in [-0.3, -0.25) is 9.69 Å². The first-order valence-corrected chi connectivity index (χ1v) is 7.68. The molecule has 0 unspecified atom stereocenters. The van der Waals surface area contributed by atoms with Gasteiger partial charge in [-0.1, -0.05) is 24.3 Å². The molecule has 0 aliphatic carbocycles. The van der Waals surface area contributed by atoms with E-state index >= 15 is 0 Å². The van der Waals surface area contributed by atoms with Gasteiger partial charge in [-0.2, -0.15) is 10.5 Å². The van der Waals surface area contributed by atoms with Crippen LogP contribution in [0.2, 0.25) is 0 Å². The summed E-state index contributed by atoms with van der Waals surface area (Å²) in [7, 11) is 0. The molecule has 122 valence electrons. The highest BCUT2D eigenvalue weighted by Crippen LogP contribution is 2.18. The van der Waals surface area contributed by atoms with Gasteiger partial charge in [0, 0.05) is 6.54 Å². The average molecular weight is 330 g/mol. The van der Waals surface area contributed by atoms with E-state index in [9.17, 15) is 9.59 Å². The number of hydrogen-bond acceptors (Lipinski definition) is 4. The molecule has 0 aromatic heterocycles. The van der Waals surface area contributed by atoms with E-state index in [1.165, 1.54) is 9.80 Å². The second-order valence-corrected chi connectivity index (χ2v) is 5.74. The molecule has 1 fully saturated rings. The molecule has 0 N–H and O–H groups in total. The number of nitriles is 2. The number of rotatable bonds is 4. The molecule has 0 bridgehead atoms. The SMILES string of the molecule is N#Cc1ccc(CN2CC(=O)N(Cc3ccc(C#N)cc3)C2=O)cc1. The fourth-order valence-corrected chi connectivity index (χ4v) is 2.65. The summed E-state index contributed by atoms with van der Waals surface area (Å²) in [4.78, 5) is 27.4. The first-order chi connectivity index (χ1) is 12.1. The summed E-state index contributed by atoms with van der Waals surface area (Å²) in [6.45, 7) is 0.544. The highest BCUT2D eigenvalue weighted by Gasteiger charge is 2.35. The number of nitrogens with zero attached hydrogens (tertiary/aromatic N) is 4. The standard InChI is InChI=1S/C19H14N4O2/c20-9-14-1-5-16(6-2-14)11-22-13-18(24)23(19(22)25)12-17-7-3-15(10-21)4-8-17/h1-8H,11-13H2. The zero-order valence-electron chi connectivity index (χ0n) is 13.3. The van der Waals surface area contributed by atoms with Crippen molar-refractivity contribution in [3.8, 4) is 12.1 Å². The lowest BCUT2D eigenvalue weighted by atomic mass is 10.1. The van der Waals surface area contributed by atoms with Crippen LogP contribution in [0.1, 0.15) is 22.3 Å². The number of amides is 3. The molecule has 2 aromatic carbocycles. The number of carbonyl (C=O) groups excluding carboxylic acids is 2. The number of carbonyl (C=O) groups is 2. The Balaban J connectivity index is 1.68. The second-order valence-electron chi connectivity index (χ2n) is 5.74. The van der Waals surface area contributed by atoms with Crippen molar-refractivity contribution in [2.75, 3.05) is 6.54 Å². The van der Waals surface area contributed by atoms with Crippen LogP contribution < -0.4 is 0 Å². The molecule has 0 atom stereocenters. The van der Waals surface area contributed by atoms with Crippen molar-refractivity contribution in [2.24, 2.45) is 0 Å². The molecule has 6 heteroatoms. The Hall–Kier alpha value is -3.64. The Morgan fingerprint density at radius 3 is 1.76 bits per heavy atom. The monoisotopic (exact) mass is 330 g/mol. The van der Waals surface area contributed by atoms with Gasteiger partial charge in [-0.15, -0.1) is 0 Å². The zero-order chi connectivity index (χ0) is 17.8. The number of imide groups is 1. The van der Waals surface area contributed by atoms with Crippen LogP contribution in [0, 0.1) is 22.7 Å². The average Bonchev–Trinajstić information content (AvgIpc) is 2.90. The molecule has 0 spiro atoms. The zero-order valence-corrected chi connectivity index (χ0v) is 13.3. The van der Waals surface area contributed by atoms with Crippen LogP contribution >= 0.6 is 0 Å². The molecule has 1 saturated heterocycles. The first kappa shape index (κ1) is 16.2. The Morgan fingerprint density at radius 2 is 1.28 bits per heavy atom. The van der Waals surface area contributed by atoms with E-state index in [1.54, 1.807) is 48.5 Å². The molecule has 2 aromatic rings. The van der Waals surface area contributed by atoms with Crippen LogP contribution in [0.4, 0.5) is 4.79 Å². The largest absolute Gasteiger partial charge is 0.327 e. The van der Waals surface area contributed by atoms with Crippen LogP contribution in [0.25, 0.3) is 0 Å². The fourth-order valence-electron chi connectivity index (χ4n) is 2.65. The van der Waals surface area contributed by atoms with Crippen molar-refractivity contribution < 1.29 is 9.59 Å². The van der Waals surface area contributed by atoms with Crippen molar-refractivity contribution in [3.05, 3.63) is 70.8 Å². The van der Waals surface area contributed by atoms with Crippen LogP contribution in [0.15, 0.2) is 48.5 Å². The van der Waals surface area contributed by atoms with Crippen molar-refractivity contribution in [1.82, 2.24) is 9.80 Å². The first-order valence-electron chi connectivity index (χ1n) is 7.68. The van der Waals surface area contributed by atoms with Crippen molar-refractivity contribution in [2.45, 2.75) is 13.1 Å². The van der Waals surface area contributed by atoms with Crippen LogP contribution in [-0.4, -0.2) is 28.3 Å². The van der Waals surface area contributed by atoms with Gasteiger partial charge in [0.15, 0.2) is 0 Å². The van der Waals surface area contributed by atoms with E-state index in [4.69, 9.17) is 10.5 Å². The summed E-state index contributed by atoms with van der Waals surface area (Å²) in [5, 5.41) is 17.6. The predicted molar refractivity (Wildman–Crippen MR) is 88.7 cm³/mol. The van der Waals surface area contributed by atoms with Gasteiger partial charge in [0.25, 0.3) is 5.91 Å². The summed E-state index contributed by atoms with van der Waals surface area (Å²) in [5.74, 6) is -0.247. The number of hydrogen-bond donors (Lipinski definition) is 0. The highest BCUT2D eigenvalue weighted by molar-refractivity contribution is 6.01. The number of benzene rings is 2. The lowest BCUT2D eigenvalue weighted by molar-refractivity contribution is -0.125. The Kier molecular flexibility index (Phi) is 4.45. The molecule has 1 aliphatic heterocycles. The van der Waals surface area contributed by atoms with Crippen molar-refractivity contribution in [1.29, 1.82) is 10.5 Å². The predicted octanol–water partition coefficient (Wildman–Crippen LogP) is 2.39. The topological polar surface area (TPSA) is 88.2 Å². The summed E-state index contributed by atoms with van der Waals surface area (Å²) in [6, 6.07) is 17.5. The van der Waals surface area contributed by atoms with Gasteiger partial charge >= 0.3 is 6.03 Å². The molecule has 3 amide bonds. The van der Waals surface area contributed by atoms with E-state index in [0.717, 1.165) is 11.1 Å². The van der Waals surface area contributed by atoms with Crippen LogP contribution in [-0.2, 0) is 17.9 Å². The molecular weight excluding hydrogens is 316 g/mol. The Bertz CT molecular complexity index is 889. The molecule has 1 aliphatic rings. The van der Waals surface area contributed by atoms with Crippen LogP contribution in [0.3, 0.4) is 0 Å². The molecule has 6 nitrogen and oxygen atoms in total. The normalized spacial score (nSPS) is 13.7. The summed E-state index contributed by atoms with van der Waals surface area (Å²) in [6.07, 6.45) is 0. The number of urea groups is 1. The third kappa shape index (κ3) is 3.49. The molecule has 1 heterocycles. The Labute approximate surface area is 145 Å². The molecule has 25 heavy (non-hydrogen) atoms. The van der Waals surface area contributed by atoms with E-state index < -0.39 is 0 Å². The fraction of sp³-hybridized carbons (Fsp3) is 0.158. The van der Waals surface area contributed by atoms with E-state index in [1.807, 2.05) is 12.1 Å². The van der Waals surface area contributed by atoms with Crippen molar-refractivity contribution in [3.63, 3.8) is 0 Å². The van der Waals surface area contributed by atoms with Gasteiger partial charge in [-0.05, 0) is 35.4 Å². The minimum Gasteiger partial charge on any atom is -0.311 e. The van der Waals surface area contributed by atoms with Crippen LogP contribution in [0.5, 0.6) is 0 Å². The van der Waals surface area contributed by atoms with Crippen molar-refractivity contribution >= 4 is 11.9 Å². The lowest BCUT2D eigenvalue weighted by Crippen LogP contribution is -2.32. The van der Waals surface area contributed by atoms with E-state index in [-0.39, 0.29) is 25.0 Å². The second kappa shape index (κ2) is 6.86. The molecule has 0 radical (unpaired) electrons. The molecule has 3 rings (SSSR count). The third-order valence-electron chi connectivity index (χ3n) is 4.01. The maximum absolute atomic E-state index is 12.5. The minimum atomic E-state index is -0.335. The maximum Gasteiger partial charge on any atom is 0.327 e. The van der Waals surface area contributed by atoms with Gasteiger partial charge in [0.2, 0.25) is 0 Å². The minimum absolute atomic E-state index is 0.0368. The van der Waals surface area contributed by atoms with Gasteiger partial charge in [-0.25, -0.2) is 4.79 Å². The Morgan fingerprint density at radius 1 is 0.800 bits per heavy atom. The smallest absolute Gasteiger partial charge is 0.311 e. The summed E-state index contributed by atoms with van der Waals surface area (Å²) >= 11 is 0. The summed E-state index contributed by atoms with van der Waals surface area (Å²) < 4.78 is 0. The quantitative estimate of drug-likeness (QED) is 0.805. The van der Waals surface area contributed by atoms with Gasteiger partial charge in [0.1, 0.15) is 6.54 Å². The summed E-state index contributed by atoms with van der Waals surface area (Å²) in [5.41, 5.74) is 2.74.